The Kier molecular flexibility index (Phi) is 4.81. The SMILES string of the molecule is CN(C1CCCCC1Br)S(=O)(=O)c1ccc(F)cc1F. The van der Waals surface area contributed by atoms with Gasteiger partial charge in [0.15, 0.2) is 0 Å². The van der Waals surface area contributed by atoms with Gasteiger partial charge in [0.05, 0.1) is 0 Å². The van der Waals surface area contributed by atoms with Crippen LogP contribution in [-0.4, -0.2) is 30.6 Å². The van der Waals surface area contributed by atoms with Crippen LogP contribution in [0.4, 0.5) is 8.78 Å². The molecule has 1 aliphatic carbocycles. The number of rotatable bonds is 3. The maximum absolute atomic E-state index is 13.7. The van der Waals surface area contributed by atoms with E-state index in [9.17, 15) is 17.2 Å². The number of hydrogen-bond acceptors (Lipinski definition) is 2. The van der Waals surface area contributed by atoms with Crippen molar-refractivity contribution in [2.75, 3.05) is 7.05 Å². The first-order valence-corrected chi connectivity index (χ1v) is 8.77. The van der Waals surface area contributed by atoms with Crippen molar-refractivity contribution >= 4 is 26.0 Å². The molecule has 0 saturated heterocycles. The van der Waals surface area contributed by atoms with Crippen LogP contribution < -0.4 is 0 Å². The van der Waals surface area contributed by atoms with Gasteiger partial charge in [-0.15, -0.1) is 0 Å². The van der Waals surface area contributed by atoms with Crippen molar-refractivity contribution in [2.45, 2.75) is 41.4 Å². The van der Waals surface area contributed by atoms with E-state index in [4.69, 9.17) is 0 Å². The highest BCUT2D eigenvalue weighted by Gasteiger charge is 2.35. The summed E-state index contributed by atoms with van der Waals surface area (Å²) >= 11 is 3.49. The van der Waals surface area contributed by atoms with Crippen molar-refractivity contribution in [1.82, 2.24) is 4.31 Å². The lowest BCUT2D eigenvalue weighted by Gasteiger charge is -2.34. The topological polar surface area (TPSA) is 37.4 Å². The molecule has 2 atom stereocenters. The van der Waals surface area contributed by atoms with Gasteiger partial charge in [-0.2, -0.15) is 4.31 Å². The monoisotopic (exact) mass is 367 g/mol. The highest BCUT2D eigenvalue weighted by Crippen LogP contribution is 2.31. The van der Waals surface area contributed by atoms with E-state index in [1.165, 1.54) is 11.4 Å². The van der Waals surface area contributed by atoms with Gasteiger partial charge < -0.3 is 0 Å². The van der Waals surface area contributed by atoms with E-state index in [2.05, 4.69) is 15.9 Å². The number of sulfonamides is 1. The maximum atomic E-state index is 13.7. The Hall–Kier alpha value is -0.530. The fraction of sp³-hybridized carbons (Fsp3) is 0.538. The lowest BCUT2D eigenvalue weighted by Crippen LogP contribution is -2.44. The number of nitrogens with zero attached hydrogens (tertiary/aromatic N) is 1. The summed E-state index contributed by atoms with van der Waals surface area (Å²) in [6.07, 6.45) is 3.61. The Bertz CT molecular complexity index is 594. The summed E-state index contributed by atoms with van der Waals surface area (Å²) in [6.45, 7) is 0. The summed E-state index contributed by atoms with van der Waals surface area (Å²) in [5.41, 5.74) is 0. The smallest absolute Gasteiger partial charge is 0.207 e. The molecule has 0 amide bonds. The second-order valence-electron chi connectivity index (χ2n) is 4.96. The molecular weight excluding hydrogens is 352 g/mol. The van der Waals surface area contributed by atoms with Gasteiger partial charge >= 0.3 is 0 Å². The second kappa shape index (κ2) is 6.07. The van der Waals surface area contributed by atoms with Crippen LogP contribution in [0.3, 0.4) is 0 Å². The van der Waals surface area contributed by atoms with Gasteiger partial charge in [-0.25, -0.2) is 17.2 Å². The fourth-order valence-corrected chi connectivity index (χ4v) is 5.06. The Balaban J connectivity index is 2.33. The molecule has 0 bridgehead atoms. The predicted molar refractivity (Wildman–Crippen MR) is 76.3 cm³/mol. The molecule has 1 aromatic rings. The average molecular weight is 368 g/mol. The molecule has 1 saturated carbocycles. The predicted octanol–water partition coefficient (Wildman–Crippen LogP) is 3.29. The maximum Gasteiger partial charge on any atom is 0.246 e. The van der Waals surface area contributed by atoms with Crippen LogP contribution in [0.25, 0.3) is 0 Å². The van der Waals surface area contributed by atoms with Crippen molar-refractivity contribution in [2.24, 2.45) is 0 Å². The van der Waals surface area contributed by atoms with Crippen LogP contribution in [0.1, 0.15) is 25.7 Å². The Morgan fingerprint density at radius 1 is 1.25 bits per heavy atom. The van der Waals surface area contributed by atoms with Crippen molar-refractivity contribution < 1.29 is 17.2 Å². The minimum atomic E-state index is -3.96. The number of hydrogen-bond donors (Lipinski definition) is 0. The second-order valence-corrected chi connectivity index (χ2v) is 8.11. The summed E-state index contributed by atoms with van der Waals surface area (Å²) in [7, 11) is -2.51. The van der Waals surface area contributed by atoms with E-state index in [0.717, 1.165) is 37.8 Å². The minimum Gasteiger partial charge on any atom is -0.207 e. The van der Waals surface area contributed by atoms with E-state index in [0.29, 0.717) is 6.07 Å². The zero-order chi connectivity index (χ0) is 14.9. The Labute approximate surface area is 126 Å². The standard InChI is InChI=1S/C13H16BrF2NO2S/c1-17(12-5-3-2-4-10(12)14)20(18,19)13-7-6-9(15)8-11(13)16/h6-8,10,12H,2-5H2,1H3. The van der Waals surface area contributed by atoms with E-state index < -0.39 is 26.6 Å². The Morgan fingerprint density at radius 3 is 2.50 bits per heavy atom. The molecule has 0 aromatic heterocycles. The third kappa shape index (κ3) is 3.04. The van der Waals surface area contributed by atoms with E-state index in [-0.39, 0.29) is 10.9 Å². The average Bonchev–Trinajstić information content (AvgIpc) is 2.38. The van der Waals surface area contributed by atoms with Crippen molar-refractivity contribution in [3.05, 3.63) is 29.8 Å². The third-order valence-electron chi connectivity index (χ3n) is 3.67. The fourth-order valence-electron chi connectivity index (χ4n) is 2.49. The summed E-state index contributed by atoms with van der Waals surface area (Å²) in [6, 6.07) is 2.31. The van der Waals surface area contributed by atoms with Gasteiger partial charge in [0.2, 0.25) is 10.0 Å². The number of alkyl halides is 1. The molecular formula is C13H16BrF2NO2S. The van der Waals surface area contributed by atoms with Crippen LogP contribution in [0.5, 0.6) is 0 Å². The van der Waals surface area contributed by atoms with Gasteiger partial charge in [-0.05, 0) is 25.0 Å². The molecule has 7 heteroatoms. The molecule has 0 heterocycles. The van der Waals surface area contributed by atoms with Crippen LogP contribution in [0, 0.1) is 11.6 Å². The van der Waals surface area contributed by atoms with Crippen molar-refractivity contribution in [3.63, 3.8) is 0 Å². The lowest BCUT2D eigenvalue weighted by molar-refractivity contribution is 0.296. The van der Waals surface area contributed by atoms with Crippen LogP contribution in [0.15, 0.2) is 23.1 Å². The molecule has 0 radical (unpaired) electrons. The first-order valence-electron chi connectivity index (χ1n) is 6.41. The van der Waals surface area contributed by atoms with Gasteiger partial charge in [0.1, 0.15) is 16.5 Å². The zero-order valence-electron chi connectivity index (χ0n) is 11.0. The normalized spacial score (nSPS) is 24.1. The van der Waals surface area contributed by atoms with Crippen LogP contribution >= 0.6 is 15.9 Å². The third-order valence-corrected chi connectivity index (χ3v) is 6.65. The summed E-state index contributed by atoms with van der Waals surface area (Å²) < 4.78 is 52.7. The van der Waals surface area contributed by atoms with E-state index in [1.54, 1.807) is 0 Å². The highest BCUT2D eigenvalue weighted by atomic mass is 79.9. The number of benzene rings is 1. The van der Waals surface area contributed by atoms with Crippen LogP contribution in [-0.2, 0) is 10.0 Å². The molecule has 0 N–H and O–H groups in total. The highest BCUT2D eigenvalue weighted by molar-refractivity contribution is 9.09. The quantitative estimate of drug-likeness (QED) is 0.768. The summed E-state index contributed by atoms with van der Waals surface area (Å²) in [5.74, 6) is -1.85. The summed E-state index contributed by atoms with van der Waals surface area (Å²) in [4.78, 5) is -0.425. The first kappa shape index (κ1) is 15.9. The molecule has 2 unspecified atom stereocenters. The van der Waals surface area contributed by atoms with Gasteiger partial charge in [-0.3, -0.25) is 0 Å². The zero-order valence-corrected chi connectivity index (χ0v) is 13.4. The van der Waals surface area contributed by atoms with Gasteiger partial charge in [0, 0.05) is 24.0 Å². The van der Waals surface area contributed by atoms with E-state index in [1.807, 2.05) is 0 Å². The molecule has 1 aliphatic rings. The molecule has 2 rings (SSSR count). The molecule has 1 aromatic carbocycles. The lowest BCUT2D eigenvalue weighted by atomic mass is 9.96. The molecule has 3 nitrogen and oxygen atoms in total. The largest absolute Gasteiger partial charge is 0.246 e. The van der Waals surface area contributed by atoms with Crippen molar-refractivity contribution in [1.29, 1.82) is 0 Å². The Morgan fingerprint density at radius 2 is 1.90 bits per heavy atom. The molecule has 112 valence electrons. The molecule has 1 fully saturated rings. The van der Waals surface area contributed by atoms with Gasteiger partial charge in [0.25, 0.3) is 0 Å². The molecule has 0 spiro atoms. The van der Waals surface area contributed by atoms with Gasteiger partial charge in [-0.1, -0.05) is 28.8 Å². The van der Waals surface area contributed by atoms with E-state index >= 15 is 0 Å². The van der Waals surface area contributed by atoms with Crippen LogP contribution in [0.2, 0.25) is 0 Å². The first-order chi connectivity index (χ1) is 9.34. The molecule has 0 aliphatic heterocycles. The molecule has 20 heavy (non-hydrogen) atoms. The minimum absolute atomic E-state index is 0.0551. The van der Waals surface area contributed by atoms with Crippen molar-refractivity contribution in [3.8, 4) is 0 Å². The summed E-state index contributed by atoms with van der Waals surface area (Å²) in [5, 5.41) is 0. The number of halogens is 3.